The first-order valence-electron chi connectivity index (χ1n) is 5.59. The van der Waals surface area contributed by atoms with E-state index in [0.717, 1.165) is 28.9 Å². The van der Waals surface area contributed by atoms with Crippen molar-refractivity contribution in [3.63, 3.8) is 0 Å². The molecule has 0 heterocycles. The Bertz CT molecular complexity index is 503. The van der Waals surface area contributed by atoms with E-state index in [9.17, 15) is 4.79 Å². The number of aldehydes is 1. The molecule has 0 amide bonds. The SMILES string of the molecule is O=CCCc1ccc(-c2ccccc2Cl)cc1. The monoisotopic (exact) mass is 244 g/mol. The molecule has 0 aliphatic heterocycles. The zero-order valence-electron chi connectivity index (χ0n) is 9.40. The largest absolute Gasteiger partial charge is 0.303 e. The molecular formula is C15H13ClO. The normalized spacial score (nSPS) is 10.2. The summed E-state index contributed by atoms with van der Waals surface area (Å²) in [5, 5.41) is 0.758. The first-order chi connectivity index (χ1) is 8.31. The summed E-state index contributed by atoms with van der Waals surface area (Å²) in [7, 11) is 0. The minimum absolute atomic E-state index is 0.575. The van der Waals surface area contributed by atoms with Crippen LogP contribution < -0.4 is 0 Å². The van der Waals surface area contributed by atoms with Gasteiger partial charge in [0.1, 0.15) is 6.29 Å². The number of hydrogen-bond acceptors (Lipinski definition) is 1. The molecule has 0 bridgehead atoms. The molecule has 0 N–H and O–H groups in total. The van der Waals surface area contributed by atoms with Crippen LogP contribution in [0.1, 0.15) is 12.0 Å². The highest BCUT2D eigenvalue weighted by Gasteiger charge is 2.02. The van der Waals surface area contributed by atoms with Gasteiger partial charge in [-0.05, 0) is 23.6 Å². The van der Waals surface area contributed by atoms with E-state index in [4.69, 9.17) is 11.6 Å². The highest BCUT2D eigenvalue weighted by atomic mass is 35.5. The lowest BCUT2D eigenvalue weighted by Crippen LogP contribution is -1.86. The molecule has 2 rings (SSSR count). The van der Waals surface area contributed by atoms with Gasteiger partial charge in [-0.3, -0.25) is 0 Å². The van der Waals surface area contributed by atoms with Crippen LogP contribution in [0.15, 0.2) is 48.5 Å². The Morgan fingerprint density at radius 3 is 2.35 bits per heavy atom. The zero-order valence-corrected chi connectivity index (χ0v) is 10.2. The number of carbonyl (C=O) groups is 1. The van der Waals surface area contributed by atoms with Crippen molar-refractivity contribution in [3.8, 4) is 11.1 Å². The van der Waals surface area contributed by atoms with Crippen molar-refractivity contribution in [2.45, 2.75) is 12.8 Å². The van der Waals surface area contributed by atoms with Gasteiger partial charge in [0.25, 0.3) is 0 Å². The number of rotatable bonds is 4. The van der Waals surface area contributed by atoms with Crippen LogP contribution in [0.5, 0.6) is 0 Å². The quantitative estimate of drug-likeness (QED) is 0.739. The van der Waals surface area contributed by atoms with E-state index in [0.29, 0.717) is 6.42 Å². The minimum Gasteiger partial charge on any atom is -0.303 e. The third kappa shape index (κ3) is 2.95. The van der Waals surface area contributed by atoms with E-state index in [2.05, 4.69) is 0 Å². The standard InChI is InChI=1S/C15H13ClO/c16-15-6-2-1-5-14(15)13-9-7-12(8-10-13)4-3-11-17/h1-2,5-11H,3-4H2. The van der Waals surface area contributed by atoms with Gasteiger partial charge in [-0.15, -0.1) is 0 Å². The maximum Gasteiger partial charge on any atom is 0.120 e. The summed E-state index contributed by atoms with van der Waals surface area (Å²) in [5.41, 5.74) is 3.31. The Morgan fingerprint density at radius 2 is 1.71 bits per heavy atom. The Balaban J connectivity index is 2.23. The summed E-state index contributed by atoms with van der Waals surface area (Å²) >= 11 is 6.14. The summed E-state index contributed by atoms with van der Waals surface area (Å²) in [6.07, 6.45) is 2.32. The molecule has 0 radical (unpaired) electrons. The molecule has 0 saturated heterocycles. The van der Waals surface area contributed by atoms with Gasteiger partial charge in [0, 0.05) is 17.0 Å². The first kappa shape index (κ1) is 11.9. The Morgan fingerprint density at radius 1 is 1.00 bits per heavy atom. The van der Waals surface area contributed by atoms with Gasteiger partial charge >= 0.3 is 0 Å². The number of aryl methyl sites for hydroxylation is 1. The van der Waals surface area contributed by atoms with Crippen molar-refractivity contribution in [1.82, 2.24) is 0 Å². The third-order valence-corrected chi connectivity index (χ3v) is 3.02. The summed E-state index contributed by atoms with van der Waals surface area (Å²) in [6, 6.07) is 16.0. The second-order valence-electron chi connectivity index (χ2n) is 3.88. The minimum atomic E-state index is 0.575. The molecule has 86 valence electrons. The van der Waals surface area contributed by atoms with Crippen LogP contribution in [0.3, 0.4) is 0 Å². The lowest BCUT2D eigenvalue weighted by molar-refractivity contribution is -0.107. The first-order valence-corrected chi connectivity index (χ1v) is 5.96. The number of benzene rings is 2. The van der Waals surface area contributed by atoms with Gasteiger partial charge in [0.05, 0.1) is 0 Å². The summed E-state index contributed by atoms with van der Waals surface area (Å²) in [6.45, 7) is 0. The van der Waals surface area contributed by atoms with E-state index >= 15 is 0 Å². The lowest BCUT2D eigenvalue weighted by atomic mass is 10.0. The van der Waals surface area contributed by atoms with E-state index in [-0.39, 0.29) is 0 Å². The lowest BCUT2D eigenvalue weighted by Gasteiger charge is -2.05. The van der Waals surface area contributed by atoms with Crippen LogP contribution in [-0.4, -0.2) is 6.29 Å². The molecule has 2 aromatic carbocycles. The molecular weight excluding hydrogens is 232 g/mol. The van der Waals surface area contributed by atoms with Gasteiger partial charge < -0.3 is 4.79 Å². The Labute approximate surface area is 106 Å². The molecule has 0 aliphatic rings. The van der Waals surface area contributed by atoms with Crippen molar-refractivity contribution >= 4 is 17.9 Å². The molecule has 1 nitrogen and oxygen atoms in total. The van der Waals surface area contributed by atoms with Crippen LogP contribution in [-0.2, 0) is 11.2 Å². The van der Waals surface area contributed by atoms with Crippen molar-refractivity contribution in [1.29, 1.82) is 0 Å². The molecule has 0 atom stereocenters. The topological polar surface area (TPSA) is 17.1 Å². The highest BCUT2D eigenvalue weighted by molar-refractivity contribution is 6.33. The van der Waals surface area contributed by atoms with Crippen LogP contribution in [0.4, 0.5) is 0 Å². The van der Waals surface area contributed by atoms with Crippen LogP contribution in [0.25, 0.3) is 11.1 Å². The second kappa shape index (κ2) is 5.65. The molecule has 0 spiro atoms. The van der Waals surface area contributed by atoms with Crippen LogP contribution in [0, 0.1) is 0 Å². The molecule has 0 fully saturated rings. The van der Waals surface area contributed by atoms with Crippen LogP contribution in [0.2, 0.25) is 5.02 Å². The van der Waals surface area contributed by atoms with Gasteiger partial charge in [-0.1, -0.05) is 54.1 Å². The van der Waals surface area contributed by atoms with Crippen molar-refractivity contribution in [3.05, 3.63) is 59.1 Å². The highest BCUT2D eigenvalue weighted by Crippen LogP contribution is 2.27. The molecule has 0 unspecified atom stereocenters. The fourth-order valence-electron chi connectivity index (χ4n) is 1.77. The van der Waals surface area contributed by atoms with Crippen LogP contribution >= 0.6 is 11.6 Å². The fraction of sp³-hybridized carbons (Fsp3) is 0.133. The van der Waals surface area contributed by atoms with E-state index in [1.165, 1.54) is 5.56 Å². The maximum atomic E-state index is 10.3. The third-order valence-electron chi connectivity index (χ3n) is 2.69. The van der Waals surface area contributed by atoms with Gasteiger partial charge in [-0.2, -0.15) is 0 Å². The average molecular weight is 245 g/mol. The number of hydrogen-bond donors (Lipinski definition) is 0. The maximum absolute atomic E-state index is 10.3. The number of carbonyl (C=O) groups excluding carboxylic acids is 1. The summed E-state index contributed by atoms with van der Waals surface area (Å²) in [5.74, 6) is 0. The molecule has 0 saturated carbocycles. The summed E-state index contributed by atoms with van der Waals surface area (Å²) < 4.78 is 0. The van der Waals surface area contributed by atoms with Gasteiger partial charge in [-0.25, -0.2) is 0 Å². The summed E-state index contributed by atoms with van der Waals surface area (Å²) in [4.78, 5) is 10.3. The molecule has 2 aromatic rings. The molecule has 0 aliphatic carbocycles. The van der Waals surface area contributed by atoms with Gasteiger partial charge in [0.15, 0.2) is 0 Å². The predicted molar refractivity (Wildman–Crippen MR) is 71.3 cm³/mol. The van der Waals surface area contributed by atoms with E-state index < -0.39 is 0 Å². The zero-order chi connectivity index (χ0) is 12.1. The fourth-order valence-corrected chi connectivity index (χ4v) is 2.02. The second-order valence-corrected chi connectivity index (χ2v) is 4.29. The Kier molecular flexibility index (Phi) is 3.94. The predicted octanol–water partition coefficient (Wildman–Crippen LogP) is 4.14. The van der Waals surface area contributed by atoms with Crippen molar-refractivity contribution < 1.29 is 4.79 Å². The Hall–Kier alpha value is -1.60. The smallest absolute Gasteiger partial charge is 0.120 e. The van der Waals surface area contributed by atoms with Gasteiger partial charge in [0.2, 0.25) is 0 Å². The molecule has 0 aromatic heterocycles. The van der Waals surface area contributed by atoms with E-state index in [1.807, 2.05) is 48.5 Å². The number of halogens is 1. The van der Waals surface area contributed by atoms with Crippen molar-refractivity contribution in [2.75, 3.05) is 0 Å². The van der Waals surface area contributed by atoms with Crippen molar-refractivity contribution in [2.24, 2.45) is 0 Å². The molecule has 17 heavy (non-hydrogen) atoms. The average Bonchev–Trinajstić information content (AvgIpc) is 2.38. The molecule has 2 heteroatoms. The van der Waals surface area contributed by atoms with E-state index in [1.54, 1.807) is 0 Å².